The number of aromatic nitrogens is 1. The molecule has 0 bridgehead atoms. The predicted molar refractivity (Wildman–Crippen MR) is 137 cm³/mol. The van der Waals surface area contributed by atoms with Gasteiger partial charge in [0.1, 0.15) is 11.5 Å². The lowest BCUT2D eigenvalue weighted by molar-refractivity contribution is 0.352. The Morgan fingerprint density at radius 1 is 1.03 bits per heavy atom. The number of ether oxygens (including phenoxy) is 3. The lowest BCUT2D eigenvalue weighted by Crippen LogP contribution is -2.40. The zero-order valence-corrected chi connectivity index (χ0v) is 20.4. The minimum atomic E-state index is 0.526. The van der Waals surface area contributed by atoms with Gasteiger partial charge in [0, 0.05) is 30.2 Å². The summed E-state index contributed by atoms with van der Waals surface area (Å²) in [6.45, 7) is 1.87. The quantitative estimate of drug-likeness (QED) is 0.313. The Hall–Kier alpha value is -3.65. The molecule has 0 amide bonds. The van der Waals surface area contributed by atoms with Crippen LogP contribution in [0.2, 0.25) is 0 Å². The summed E-state index contributed by atoms with van der Waals surface area (Å²) in [6, 6.07) is 15.8. The second-order valence-corrected chi connectivity index (χ2v) is 8.21. The highest BCUT2D eigenvalue weighted by Crippen LogP contribution is 2.28. The van der Waals surface area contributed by atoms with Crippen LogP contribution in [0.15, 0.2) is 65.4 Å². The van der Waals surface area contributed by atoms with Crippen molar-refractivity contribution in [3.05, 3.63) is 77.9 Å². The molecule has 0 saturated carbocycles. The number of thiocarbonyl (C=S) groups is 1. The maximum atomic E-state index is 5.78. The molecule has 0 aliphatic rings. The maximum Gasteiger partial charge on any atom is 0.169 e. The summed E-state index contributed by atoms with van der Waals surface area (Å²) in [7, 11) is 4.95. The normalized spacial score (nSPS) is 10.8. The van der Waals surface area contributed by atoms with Crippen molar-refractivity contribution in [3.8, 4) is 17.2 Å². The molecular formula is C26H29N3O4S. The van der Waals surface area contributed by atoms with Gasteiger partial charge in [0.15, 0.2) is 16.6 Å². The number of benzene rings is 2. The number of hydrogen-bond donors (Lipinski definition) is 2. The number of fused-ring (bicyclic) bond motifs is 1. The standard InChI is InChI=1S/C26H29N3O4S/c1-30-20-7-8-23-22(14-20)19(15-27-23)10-11-29(26(34)28-16-21-5-4-12-33-21)17-18-6-9-24(31-2)25(13-18)32-3/h4-9,12-15,27H,10-11,16-17H2,1-3H3,(H,28,34). The van der Waals surface area contributed by atoms with Gasteiger partial charge in [-0.2, -0.15) is 0 Å². The molecular weight excluding hydrogens is 450 g/mol. The molecule has 0 spiro atoms. The number of aromatic amines is 1. The maximum absolute atomic E-state index is 5.78. The summed E-state index contributed by atoms with van der Waals surface area (Å²) in [4.78, 5) is 5.50. The molecule has 0 fully saturated rings. The van der Waals surface area contributed by atoms with E-state index < -0.39 is 0 Å². The van der Waals surface area contributed by atoms with Crippen molar-refractivity contribution in [1.29, 1.82) is 0 Å². The van der Waals surface area contributed by atoms with Crippen LogP contribution >= 0.6 is 12.2 Å². The van der Waals surface area contributed by atoms with Gasteiger partial charge < -0.3 is 33.8 Å². The smallest absolute Gasteiger partial charge is 0.169 e. The predicted octanol–water partition coefficient (Wildman–Crippen LogP) is 4.91. The van der Waals surface area contributed by atoms with Gasteiger partial charge in [0.2, 0.25) is 0 Å². The Morgan fingerprint density at radius 3 is 2.62 bits per heavy atom. The van der Waals surface area contributed by atoms with E-state index in [4.69, 9.17) is 30.8 Å². The number of hydrogen-bond acceptors (Lipinski definition) is 5. The third-order valence-electron chi connectivity index (χ3n) is 5.73. The Labute approximate surface area is 204 Å². The first-order valence-corrected chi connectivity index (χ1v) is 11.4. The fraction of sp³-hybridized carbons (Fsp3) is 0.269. The van der Waals surface area contributed by atoms with E-state index in [1.807, 2.05) is 42.5 Å². The average molecular weight is 480 g/mol. The molecule has 2 aromatic carbocycles. The Bertz CT molecular complexity index is 1240. The van der Waals surface area contributed by atoms with Crippen molar-refractivity contribution in [2.45, 2.75) is 19.5 Å². The van der Waals surface area contributed by atoms with Crippen LogP contribution in [0.25, 0.3) is 10.9 Å². The number of rotatable bonds is 10. The molecule has 0 atom stereocenters. The van der Waals surface area contributed by atoms with Gasteiger partial charge in [0.05, 0.1) is 34.1 Å². The van der Waals surface area contributed by atoms with Gasteiger partial charge in [-0.3, -0.25) is 0 Å². The first-order chi connectivity index (χ1) is 16.6. The van der Waals surface area contributed by atoms with E-state index in [2.05, 4.69) is 27.5 Å². The van der Waals surface area contributed by atoms with Gasteiger partial charge >= 0.3 is 0 Å². The van der Waals surface area contributed by atoms with Gasteiger partial charge in [-0.05, 0) is 72.2 Å². The van der Waals surface area contributed by atoms with E-state index in [-0.39, 0.29) is 0 Å². The van der Waals surface area contributed by atoms with Gasteiger partial charge in [-0.25, -0.2) is 0 Å². The molecule has 4 aromatic rings. The molecule has 2 N–H and O–H groups in total. The van der Waals surface area contributed by atoms with Crippen LogP contribution < -0.4 is 19.5 Å². The molecule has 0 unspecified atom stereocenters. The number of H-pyrrole nitrogens is 1. The molecule has 34 heavy (non-hydrogen) atoms. The van der Waals surface area contributed by atoms with Crippen molar-refractivity contribution < 1.29 is 18.6 Å². The first-order valence-electron chi connectivity index (χ1n) is 11.0. The van der Waals surface area contributed by atoms with E-state index in [1.54, 1.807) is 27.6 Å². The molecule has 7 nitrogen and oxygen atoms in total. The highest BCUT2D eigenvalue weighted by molar-refractivity contribution is 7.80. The number of nitrogens with one attached hydrogen (secondary N) is 2. The Balaban J connectivity index is 1.52. The lowest BCUT2D eigenvalue weighted by atomic mass is 10.1. The van der Waals surface area contributed by atoms with Crippen molar-refractivity contribution >= 4 is 28.2 Å². The fourth-order valence-corrected chi connectivity index (χ4v) is 4.11. The zero-order chi connectivity index (χ0) is 23.9. The van der Waals surface area contributed by atoms with Gasteiger partial charge in [-0.1, -0.05) is 6.07 Å². The largest absolute Gasteiger partial charge is 0.497 e. The van der Waals surface area contributed by atoms with E-state index in [1.165, 1.54) is 5.56 Å². The van der Waals surface area contributed by atoms with Crippen LogP contribution in [0.5, 0.6) is 17.2 Å². The fourth-order valence-electron chi connectivity index (χ4n) is 3.89. The molecule has 178 valence electrons. The summed E-state index contributed by atoms with van der Waals surface area (Å²) in [5, 5.41) is 5.13. The van der Waals surface area contributed by atoms with Crippen LogP contribution in [0.3, 0.4) is 0 Å². The number of furan rings is 1. The van der Waals surface area contributed by atoms with Crippen molar-refractivity contribution in [1.82, 2.24) is 15.2 Å². The van der Waals surface area contributed by atoms with Crippen LogP contribution in [0.4, 0.5) is 0 Å². The molecule has 4 rings (SSSR count). The summed E-state index contributed by atoms with van der Waals surface area (Å²) in [5.41, 5.74) is 3.36. The molecule has 2 aromatic heterocycles. The van der Waals surface area contributed by atoms with Gasteiger partial charge in [0.25, 0.3) is 0 Å². The Morgan fingerprint density at radius 2 is 1.88 bits per heavy atom. The number of methoxy groups -OCH3 is 3. The van der Waals surface area contributed by atoms with Crippen LogP contribution in [-0.2, 0) is 19.5 Å². The van der Waals surface area contributed by atoms with Crippen LogP contribution in [0, 0.1) is 0 Å². The molecule has 0 radical (unpaired) electrons. The van der Waals surface area contributed by atoms with Crippen molar-refractivity contribution in [3.63, 3.8) is 0 Å². The molecule has 0 saturated heterocycles. The third-order valence-corrected chi connectivity index (χ3v) is 6.13. The summed E-state index contributed by atoms with van der Waals surface area (Å²) in [5.74, 6) is 3.06. The molecule has 8 heteroatoms. The monoisotopic (exact) mass is 479 g/mol. The second kappa shape index (κ2) is 11.0. The van der Waals surface area contributed by atoms with Gasteiger partial charge in [-0.15, -0.1) is 0 Å². The van der Waals surface area contributed by atoms with Crippen molar-refractivity contribution in [2.24, 2.45) is 0 Å². The molecule has 0 aliphatic heterocycles. The summed E-state index contributed by atoms with van der Waals surface area (Å²) >= 11 is 5.78. The Kier molecular flexibility index (Phi) is 7.59. The number of nitrogens with zero attached hydrogens (tertiary/aromatic N) is 1. The third kappa shape index (κ3) is 5.46. The highest BCUT2D eigenvalue weighted by atomic mass is 32.1. The highest BCUT2D eigenvalue weighted by Gasteiger charge is 2.15. The van der Waals surface area contributed by atoms with Crippen LogP contribution in [-0.4, -0.2) is 42.9 Å². The van der Waals surface area contributed by atoms with E-state index in [0.717, 1.165) is 40.9 Å². The minimum Gasteiger partial charge on any atom is -0.497 e. The van der Waals surface area contributed by atoms with Crippen molar-refractivity contribution in [2.75, 3.05) is 27.9 Å². The van der Waals surface area contributed by atoms with E-state index in [9.17, 15) is 0 Å². The second-order valence-electron chi connectivity index (χ2n) is 7.82. The van der Waals surface area contributed by atoms with E-state index in [0.29, 0.717) is 29.7 Å². The topological polar surface area (TPSA) is 71.9 Å². The average Bonchev–Trinajstić information content (AvgIpc) is 3.54. The lowest BCUT2D eigenvalue weighted by Gasteiger charge is -2.26. The summed E-state index contributed by atoms with van der Waals surface area (Å²) in [6.07, 6.45) is 4.52. The first kappa shape index (κ1) is 23.5. The minimum absolute atomic E-state index is 0.526. The SMILES string of the molecule is COc1ccc2[nH]cc(CCN(Cc3ccc(OC)c(OC)c3)C(=S)NCc3ccco3)c2c1. The zero-order valence-electron chi connectivity index (χ0n) is 19.6. The summed E-state index contributed by atoms with van der Waals surface area (Å²) < 4.78 is 21.7. The van der Waals surface area contributed by atoms with Crippen LogP contribution in [0.1, 0.15) is 16.9 Å². The van der Waals surface area contributed by atoms with E-state index >= 15 is 0 Å². The molecule has 0 aliphatic carbocycles. The molecule has 2 heterocycles.